The highest BCUT2D eigenvalue weighted by molar-refractivity contribution is 6.00. The van der Waals surface area contributed by atoms with Crippen LogP contribution in [0.5, 0.6) is 5.75 Å². The molecule has 0 bridgehead atoms. The van der Waals surface area contributed by atoms with Gasteiger partial charge in [0.05, 0.1) is 24.2 Å². The molecule has 1 aromatic rings. The van der Waals surface area contributed by atoms with Gasteiger partial charge in [-0.1, -0.05) is 32.0 Å². The van der Waals surface area contributed by atoms with E-state index in [4.69, 9.17) is 4.74 Å². The molecule has 0 amide bonds. The molecule has 1 atom stereocenters. The van der Waals surface area contributed by atoms with Gasteiger partial charge in [-0.3, -0.25) is 4.79 Å². The second-order valence-electron chi connectivity index (χ2n) is 7.51. The van der Waals surface area contributed by atoms with Crippen LogP contribution in [0, 0.1) is 16.7 Å². The minimum Gasteiger partial charge on any atom is -0.494 e. The molecule has 25 heavy (non-hydrogen) atoms. The number of Topliss-reactive ketones (excluding diaryl/α,β-unsaturated/α-hetero) is 1. The monoisotopic (exact) mass is 336 g/mol. The number of rotatable bonds is 3. The second kappa shape index (κ2) is 6.40. The molecular weight excluding hydrogens is 312 g/mol. The van der Waals surface area contributed by atoms with E-state index in [1.54, 1.807) is 0 Å². The first-order valence-corrected chi connectivity index (χ1v) is 8.74. The normalized spacial score (nSPS) is 22.2. The number of hydrogen-bond donors (Lipinski definition) is 1. The molecule has 4 nitrogen and oxygen atoms in total. The average molecular weight is 336 g/mol. The first kappa shape index (κ1) is 17.3. The number of dihydropyridines is 1. The quantitative estimate of drug-likeness (QED) is 0.898. The van der Waals surface area contributed by atoms with Crippen molar-refractivity contribution in [1.29, 1.82) is 5.26 Å². The lowest BCUT2D eigenvalue weighted by atomic mass is 9.68. The van der Waals surface area contributed by atoms with Crippen molar-refractivity contribution in [2.24, 2.45) is 5.41 Å². The van der Waals surface area contributed by atoms with Crippen LogP contribution in [-0.2, 0) is 4.79 Å². The molecule has 130 valence electrons. The number of carbonyl (C=O) groups excluding carboxylic acids is 1. The Morgan fingerprint density at radius 1 is 1.32 bits per heavy atom. The Hall–Kier alpha value is -2.54. The van der Waals surface area contributed by atoms with Crippen molar-refractivity contribution >= 4 is 5.78 Å². The van der Waals surface area contributed by atoms with Crippen LogP contribution >= 0.6 is 0 Å². The Labute approximate surface area is 149 Å². The summed E-state index contributed by atoms with van der Waals surface area (Å²) in [6.07, 6.45) is 1.30. The van der Waals surface area contributed by atoms with Crippen LogP contribution in [0.25, 0.3) is 0 Å². The van der Waals surface area contributed by atoms with E-state index in [-0.39, 0.29) is 17.1 Å². The van der Waals surface area contributed by atoms with Gasteiger partial charge >= 0.3 is 0 Å². The number of ether oxygens (including phenoxy) is 1. The number of nitriles is 1. The van der Waals surface area contributed by atoms with Gasteiger partial charge < -0.3 is 10.1 Å². The van der Waals surface area contributed by atoms with E-state index in [9.17, 15) is 10.1 Å². The number of benzene rings is 1. The molecule has 0 fully saturated rings. The molecule has 1 unspecified atom stereocenters. The van der Waals surface area contributed by atoms with Crippen LogP contribution in [0.15, 0.2) is 46.8 Å². The largest absolute Gasteiger partial charge is 0.494 e. The maximum absolute atomic E-state index is 13.0. The molecule has 1 heterocycles. The number of carbonyl (C=O) groups is 1. The zero-order valence-electron chi connectivity index (χ0n) is 15.3. The standard InChI is InChI=1S/C21H24N2O2/c1-5-25-18-9-7-6-8-14(18)19-15(12-22)13(2)23-16-10-21(3,4)11-17(24)20(16)19/h6-9,19,23H,5,10-11H2,1-4H3. The first-order valence-electron chi connectivity index (χ1n) is 8.74. The highest BCUT2D eigenvalue weighted by Crippen LogP contribution is 2.47. The van der Waals surface area contributed by atoms with Gasteiger partial charge in [-0.05, 0) is 31.7 Å². The van der Waals surface area contributed by atoms with Crippen LogP contribution in [0.4, 0.5) is 0 Å². The van der Waals surface area contributed by atoms with Crippen molar-refractivity contribution < 1.29 is 9.53 Å². The summed E-state index contributed by atoms with van der Waals surface area (Å²) in [5.41, 5.74) is 3.92. The van der Waals surface area contributed by atoms with Gasteiger partial charge in [0.15, 0.2) is 5.78 Å². The fourth-order valence-electron chi connectivity index (χ4n) is 3.90. The summed E-state index contributed by atoms with van der Waals surface area (Å²) in [5, 5.41) is 13.1. The molecule has 2 aliphatic rings. The molecule has 3 rings (SSSR count). The molecule has 0 radical (unpaired) electrons. The van der Waals surface area contributed by atoms with Crippen LogP contribution in [0.3, 0.4) is 0 Å². The molecule has 0 saturated heterocycles. The van der Waals surface area contributed by atoms with E-state index in [2.05, 4.69) is 25.2 Å². The number of nitrogens with zero attached hydrogens (tertiary/aromatic N) is 1. The minimum absolute atomic E-state index is 0.0721. The Morgan fingerprint density at radius 3 is 2.72 bits per heavy atom. The number of ketones is 1. The van der Waals surface area contributed by atoms with Crippen molar-refractivity contribution in [1.82, 2.24) is 5.32 Å². The average Bonchev–Trinajstić information content (AvgIpc) is 2.53. The number of hydrogen-bond acceptors (Lipinski definition) is 4. The third-order valence-electron chi connectivity index (χ3n) is 4.89. The van der Waals surface area contributed by atoms with Gasteiger partial charge in [-0.15, -0.1) is 0 Å². The highest BCUT2D eigenvalue weighted by atomic mass is 16.5. The van der Waals surface area contributed by atoms with Crippen LogP contribution in [0.1, 0.15) is 52.0 Å². The number of allylic oxidation sites excluding steroid dienone is 4. The maximum atomic E-state index is 13.0. The van der Waals surface area contributed by atoms with Gasteiger partial charge in [-0.25, -0.2) is 0 Å². The SMILES string of the molecule is CCOc1ccccc1C1C(C#N)=C(C)NC2=C1C(=O)CC(C)(C)C2. The third-order valence-corrected chi connectivity index (χ3v) is 4.89. The van der Waals surface area contributed by atoms with Crippen molar-refractivity contribution in [3.8, 4) is 11.8 Å². The van der Waals surface area contributed by atoms with Gasteiger partial charge in [0, 0.05) is 29.0 Å². The molecule has 0 saturated carbocycles. The van der Waals surface area contributed by atoms with Gasteiger partial charge in [0.25, 0.3) is 0 Å². The first-order chi connectivity index (χ1) is 11.9. The zero-order valence-corrected chi connectivity index (χ0v) is 15.3. The molecule has 4 heteroatoms. The summed E-state index contributed by atoms with van der Waals surface area (Å²) in [4.78, 5) is 13.0. The van der Waals surface area contributed by atoms with Crippen LogP contribution in [-0.4, -0.2) is 12.4 Å². The molecule has 1 aliphatic heterocycles. The highest BCUT2D eigenvalue weighted by Gasteiger charge is 2.41. The van der Waals surface area contributed by atoms with Crippen LogP contribution < -0.4 is 10.1 Å². The lowest BCUT2D eigenvalue weighted by Crippen LogP contribution is -2.37. The zero-order chi connectivity index (χ0) is 18.2. The summed E-state index contributed by atoms with van der Waals surface area (Å²) in [6, 6.07) is 10.0. The minimum atomic E-state index is -0.354. The van der Waals surface area contributed by atoms with Crippen molar-refractivity contribution in [2.75, 3.05) is 6.61 Å². The fourth-order valence-corrected chi connectivity index (χ4v) is 3.90. The number of nitrogens with one attached hydrogen (secondary N) is 1. The lowest BCUT2D eigenvalue weighted by Gasteiger charge is -2.39. The molecule has 0 aromatic heterocycles. The summed E-state index contributed by atoms with van der Waals surface area (Å²) >= 11 is 0. The van der Waals surface area contributed by atoms with Crippen molar-refractivity contribution in [3.63, 3.8) is 0 Å². The van der Waals surface area contributed by atoms with Crippen molar-refractivity contribution in [2.45, 2.75) is 46.5 Å². The maximum Gasteiger partial charge on any atom is 0.162 e. The molecule has 1 aromatic carbocycles. The summed E-state index contributed by atoms with van der Waals surface area (Å²) < 4.78 is 5.79. The molecule has 0 spiro atoms. The van der Waals surface area contributed by atoms with Gasteiger partial charge in [0.2, 0.25) is 0 Å². The third kappa shape index (κ3) is 3.07. The van der Waals surface area contributed by atoms with E-state index in [1.807, 2.05) is 38.1 Å². The lowest BCUT2D eigenvalue weighted by molar-refractivity contribution is -0.118. The molecule has 1 N–H and O–H groups in total. The van der Waals surface area contributed by atoms with Gasteiger partial charge in [-0.2, -0.15) is 5.26 Å². The van der Waals surface area contributed by atoms with E-state index >= 15 is 0 Å². The van der Waals surface area contributed by atoms with E-state index in [0.29, 0.717) is 18.6 Å². The van der Waals surface area contributed by atoms with Crippen molar-refractivity contribution in [3.05, 3.63) is 52.4 Å². The number of para-hydroxylation sites is 1. The van der Waals surface area contributed by atoms with E-state index in [0.717, 1.165) is 34.7 Å². The Kier molecular flexibility index (Phi) is 4.43. The topological polar surface area (TPSA) is 62.1 Å². The summed E-state index contributed by atoms with van der Waals surface area (Å²) in [6.45, 7) is 8.60. The summed E-state index contributed by atoms with van der Waals surface area (Å²) in [7, 11) is 0. The predicted molar refractivity (Wildman–Crippen MR) is 96.8 cm³/mol. The van der Waals surface area contributed by atoms with Gasteiger partial charge in [0.1, 0.15) is 5.75 Å². The van der Waals surface area contributed by atoms with E-state index < -0.39 is 0 Å². The predicted octanol–water partition coefficient (Wildman–Crippen LogP) is 4.21. The Bertz CT molecular complexity index is 825. The molecule has 1 aliphatic carbocycles. The summed E-state index contributed by atoms with van der Waals surface area (Å²) in [5.74, 6) is 0.504. The van der Waals surface area contributed by atoms with E-state index in [1.165, 1.54) is 0 Å². The molecular formula is C21H24N2O2. The smallest absolute Gasteiger partial charge is 0.162 e. The second-order valence-corrected chi connectivity index (χ2v) is 7.51. The van der Waals surface area contributed by atoms with Crippen LogP contribution in [0.2, 0.25) is 0 Å². The Balaban J connectivity index is 2.20. The Morgan fingerprint density at radius 2 is 2.04 bits per heavy atom. The fraction of sp³-hybridized carbons (Fsp3) is 0.429.